The standard InChI is InChI=1S/C14H15BrN6O3/c1-7-4-21(22)8(11(24-3)10(7)23-2)5-20-6-17-9-12(15)18-14(16)19-13(9)20/h4,6H,5H2,1-3H3,(H2,16,18,19). The number of nitrogen functional groups attached to an aromatic ring is 1. The van der Waals surface area contributed by atoms with Gasteiger partial charge in [0.25, 0.3) is 5.69 Å². The van der Waals surface area contributed by atoms with Crippen molar-refractivity contribution >= 4 is 33.0 Å². The Labute approximate surface area is 145 Å². The zero-order valence-corrected chi connectivity index (χ0v) is 14.9. The highest BCUT2D eigenvalue weighted by Gasteiger charge is 2.24. The van der Waals surface area contributed by atoms with Gasteiger partial charge in [-0.15, -0.1) is 0 Å². The Balaban J connectivity index is 2.16. The smallest absolute Gasteiger partial charge is 0.258 e. The Hall–Kier alpha value is -2.62. The number of imidazole rings is 1. The van der Waals surface area contributed by atoms with Gasteiger partial charge in [-0.2, -0.15) is 9.71 Å². The third-order valence-corrected chi connectivity index (χ3v) is 4.12. The van der Waals surface area contributed by atoms with Crippen LogP contribution in [0.5, 0.6) is 11.5 Å². The molecule has 0 aliphatic heterocycles. The lowest BCUT2D eigenvalue weighted by Crippen LogP contribution is -2.34. The molecule has 0 bridgehead atoms. The molecule has 3 heterocycles. The van der Waals surface area contributed by atoms with Crippen LogP contribution in [0.25, 0.3) is 11.2 Å². The maximum atomic E-state index is 12.4. The third-order valence-electron chi connectivity index (χ3n) is 3.57. The second kappa shape index (κ2) is 6.11. The Morgan fingerprint density at radius 2 is 2.00 bits per heavy atom. The molecule has 24 heavy (non-hydrogen) atoms. The van der Waals surface area contributed by atoms with Crippen molar-refractivity contribution < 1.29 is 14.2 Å². The van der Waals surface area contributed by atoms with Crippen molar-refractivity contribution in [3.8, 4) is 11.5 Å². The van der Waals surface area contributed by atoms with E-state index in [4.69, 9.17) is 15.2 Å². The highest BCUT2D eigenvalue weighted by atomic mass is 79.9. The summed E-state index contributed by atoms with van der Waals surface area (Å²) in [7, 11) is 3.02. The lowest BCUT2D eigenvalue weighted by atomic mass is 10.2. The Morgan fingerprint density at radius 1 is 1.29 bits per heavy atom. The molecule has 10 heteroatoms. The van der Waals surface area contributed by atoms with Crippen LogP contribution < -0.4 is 19.9 Å². The first-order valence-corrected chi connectivity index (χ1v) is 7.73. The van der Waals surface area contributed by atoms with Gasteiger partial charge in [0.1, 0.15) is 16.7 Å². The molecule has 126 valence electrons. The molecule has 3 aromatic heterocycles. The van der Waals surface area contributed by atoms with Crippen molar-refractivity contribution in [2.45, 2.75) is 13.5 Å². The van der Waals surface area contributed by atoms with E-state index in [1.54, 1.807) is 17.8 Å². The molecule has 0 aliphatic carbocycles. The third kappa shape index (κ3) is 2.58. The zero-order chi connectivity index (χ0) is 17.4. The van der Waals surface area contributed by atoms with Gasteiger partial charge in [-0.3, -0.25) is 0 Å². The number of aryl methyl sites for hydroxylation is 1. The summed E-state index contributed by atoms with van der Waals surface area (Å²) in [6, 6.07) is 0. The van der Waals surface area contributed by atoms with Crippen LogP contribution in [-0.4, -0.2) is 33.7 Å². The van der Waals surface area contributed by atoms with Gasteiger partial charge in [-0.25, -0.2) is 9.97 Å². The highest BCUT2D eigenvalue weighted by molar-refractivity contribution is 9.10. The number of pyridine rings is 1. The van der Waals surface area contributed by atoms with Crippen LogP contribution in [0.1, 0.15) is 11.3 Å². The van der Waals surface area contributed by atoms with Crippen molar-refractivity contribution in [1.82, 2.24) is 19.5 Å². The fourth-order valence-corrected chi connectivity index (χ4v) is 2.99. The summed E-state index contributed by atoms with van der Waals surface area (Å²) in [6.45, 7) is 1.96. The number of nitrogens with two attached hydrogens (primary N) is 1. The van der Waals surface area contributed by atoms with Crippen LogP contribution in [0, 0.1) is 12.1 Å². The van der Waals surface area contributed by atoms with Crippen molar-refractivity contribution in [3.05, 3.63) is 33.6 Å². The highest BCUT2D eigenvalue weighted by Crippen LogP contribution is 2.32. The van der Waals surface area contributed by atoms with Crippen LogP contribution >= 0.6 is 15.9 Å². The first kappa shape index (κ1) is 16.2. The predicted octanol–water partition coefficient (Wildman–Crippen LogP) is 1.18. The number of rotatable bonds is 4. The predicted molar refractivity (Wildman–Crippen MR) is 89.8 cm³/mol. The number of hydrogen-bond acceptors (Lipinski definition) is 7. The minimum absolute atomic E-state index is 0.111. The van der Waals surface area contributed by atoms with Crippen molar-refractivity contribution in [2.24, 2.45) is 0 Å². The molecule has 0 fully saturated rings. The molecule has 0 saturated heterocycles. The topological polar surface area (TPSA) is 115 Å². The van der Waals surface area contributed by atoms with E-state index in [2.05, 4.69) is 30.9 Å². The van der Waals surface area contributed by atoms with E-state index in [0.717, 1.165) is 4.73 Å². The summed E-state index contributed by atoms with van der Waals surface area (Å²) in [4.78, 5) is 12.5. The number of ether oxygens (including phenoxy) is 2. The lowest BCUT2D eigenvalue weighted by molar-refractivity contribution is -0.615. The van der Waals surface area contributed by atoms with E-state index in [0.29, 0.717) is 38.5 Å². The minimum Gasteiger partial charge on any atom is -0.618 e. The van der Waals surface area contributed by atoms with Gasteiger partial charge >= 0.3 is 0 Å². The van der Waals surface area contributed by atoms with Crippen LogP contribution in [0.2, 0.25) is 0 Å². The molecule has 2 N–H and O–H groups in total. The van der Waals surface area contributed by atoms with Gasteiger partial charge in [-0.1, -0.05) is 0 Å². The normalized spacial score (nSPS) is 11.0. The van der Waals surface area contributed by atoms with Crippen molar-refractivity contribution in [2.75, 3.05) is 20.0 Å². The van der Waals surface area contributed by atoms with Crippen molar-refractivity contribution in [1.29, 1.82) is 0 Å². The monoisotopic (exact) mass is 394 g/mol. The zero-order valence-electron chi connectivity index (χ0n) is 13.3. The second-order valence-electron chi connectivity index (χ2n) is 5.07. The summed E-state index contributed by atoms with van der Waals surface area (Å²) in [6.07, 6.45) is 3.00. The summed E-state index contributed by atoms with van der Waals surface area (Å²) >= 11 is 3.30. The first-order valence-electron chi connectivity index (χ1n) is 6.93. The van der Waals surface area contributed by atoms with Crippen LogP contribution in [0.3, 0.4) is 0 Å². The van der Waals surface area contributed by atoms with E-state index in [-0.39, 0.29) is 12.5 Å². The molecule has 0 amide bonds. The molecular formula is C14H15BrN6O3. The molecular weight excluding hydrogens is 380 g/mol. The van der Waals surface area contributed by atoms with Gasteiger partial charge in [0.2, 0.25) is 11.7 Å². The quantitative estimate of drug-likeness (QED) is 0.401. The number of fused-ring (bicyclic) bond motifs is 1. The molecule has 9 nitrogen and oxygen atoms in total. The van der Waals surface area contributed by atoms with E-state index < -0.39 is 0 Å². The van der Waals surface area contributed by atoms with Gasteiger partial charge in [0, 0.05) is 0 Å². The fourth-order valence-electron chi connectivity index (χ4n) is 2.53. The number of aromatic nitrogens is 5. The number of halogens is 1. The van der Waals surface area contributed by atoms with Gasteiger partial charge in [0.15, 0.2) is 17.6 Å². The number of anilines is 1. The molecule has 3 aromatic rings. The Bertz CT molecular complexity index is 927. The molecule has 3 rings (SSSR count). The summed E-state index contributed by atoms with van der Waals surface area (Å²) in [5.74, 6) is 0.995. The number of methoxy groups -OCH3 is 2. The van der Waals surface area contributed by atoms with Gasteiger partial charge < -0.3 is 25.0 Å². The van der Waals surface area contributed by atoms with Gasteiger partial charge in [0.05, 0.1) is 26.1 Å². The van der Waals surface area contributed by atoms with E-state index >= 15 is 0 Å². The van der Waals surface area contributed by atoms with Gasteiger partial charge in [-0.05, 0) is 22.9 Å². The molecule has 0 unspecified atom stereocenters. The first-order chi connectivity index (χ1) is 11.5. The molecule has 0 aliphatic rings. The molecule has 0 radical (unpaired) electrons. The number of hydrogen-bond donors (Lipinski definition) is 1. The fraction of sp³-hybridized carbons (Fsp3) is 0.286. The number of nitrogens with zero attached hydrogens (tertiary/aromatic N) is 5. The maximum absolute atomic E-state index is 12.4. The maximum Gasteiger partial charge on any atom is 0.258 e. The largest absolute Gasteiger partial charge is 0.618 e. The Kier molecular flexibility index (Phi) is 4.14. The summed E-state index contributed by atoms with van der Waals surface area (Å²) < 4.78 is 13.7. The summed E-state index contributed by atoms with van der Waals surface area (Å²) in [5.41, 5.74) is 7.80. The van der Waals surface area contributed by atoms with Crippen LogP contribution in [-0.2, 0) is 6.54 Å². The molecule has 0 spiro atoms. The minimum atomic E-state index is 0.111. The SMILES string of the molecule is COc1c(C)c[n+]([O-])c(Cn2cnc3c(Br)nc(N)nc32)c1OC. The average molecular weight is 395 g/mol. The Morgan fingerprint density at radius 3 is 2.67 bits per heavy atom. The summed E-state index contributed by atoms with van der Waals surface area (Å²) in [5, 5.41) is 12.4. The molecule has 0 saturated carbocycles. The van der Waals surface area contributed by atoms with E-state index in [9.17, 15) is 5.21 Å². The second-order valence-corrected chi connectivity index (χ2v) is 5.82. The van der Waals surface area contributed by atoms with Crippen LogP contribution in [0.4, 0.5) is 5.95 Å². The van der Waals surface area contributed by atoms with Crippen LogP contribution in [0.15, 0.2) is 17.1 Å². The van der Waals surface area contributed by atoms with E-state index in [1.165, 1.54) is 20.4 Å². The molecule has 0 atom stereocenters. The van der Waals surface area contributed by atoms with E-state index in [1.807, 2.05) is 0 Å². The average Bonchev–Trinajstić information content (AvgIpc) is 2.92. The lowest BCUT2D eigenvalue weighted by Gasteiger charge is -2.15. The van der Waals surface area contributed by atoms with Crippen molar-refractivity contribution in [3.63, 3.8) is 0 Å². The molecule has 0 aromatic carbocycles.